The maximum atomic E-state index is 13.6. The number of benzene rings is 2. The van der Waals surface area contributed by atoms with E-state index in [4.69, 9.17) is 17.2 Å². The third-order valence-corrected chi connectivity index (χ3v) is 7.73. The second kappa shape index (κ2) is 10.7. The third-order valence-electron chi connectivity index (χ3n) is 6.40. The molecule has 0 saturated carbocycles. The molecule has 4 aromatic rings. The lowest BCUT2D eigenvalue weighted by Crippen LogP contribution is -2.31. The van der Waals surface area contributed by atoms with Crippen LogP contribution < -0.4 is 10.9 Å². The molecule has 6 nitrogen and oxygen atoms in total. The van der Waals surface area contributed by atoms with E-state index in [2.05, 4.69) is 17.4 Å². The SMILES string of the molecule is Cc1cccn2c(=O)c(C=C3SC(=S)N(C(C)c4ccccc4)C3=O)c(NCCc3ccccc3)nc12. The highest BCUT2D eigenvalue weighted by molar-refractivity contribution is 8.26. The van der Waals surface area contributed by atoms with Crippen LogP contribution in [0, 0.1) is 6.92 Å². The van der Waals surface area contributed by atoms with Gasteiger partial charge in [-0.05, 0) is 49.1 Å². The van der Waals surface area contributed by atoms with Gasteiger partial charge in [0.25, 0.3) is 11.5 Å². The van der Waals surface area contributed by atoms with Gasteiger partial charge in [0.1, 0.15) is 15.8 Å². The third kappa shape index (κ3) is 5.08. The smallest absolute Gasteiger partial charge is 0.267 e. The molecule has 1 amide bonds. The van der Waals surface area contributed by atoms with Crippen molar-refractivity contribution >= 4 is 51.7 Å². The number of carbonyl (C=O) groups is 1. The number of carbonyl (C=O) groups excluding carboxylic acids is 1. The fraction of sp³-hybridized carbons (Fsp3) is 0.172. The number of nitrogens with zero attached hydrogens (tertiary/aromatic N) is 3. The predicted octanol–water partition coefficient (Wildman–Crippen LogP) is 5.62. The van der Waals surface area contributed by atoms with Crippen molar-refractivity contribution in [3.05, 3.63) is 117 Å². The minimum atomic E-state index is -0.239. The number of fused-ring (bicyclic) bond motifs is 1. The highest BCUT2D eigenvalue weighted by Crippen LogP contribution is 2.38. The van der Waals surface area contributed by atoms with Gasteiger partial charge in [-0.25, -0.2) is 4.98 Å². The summed E-state index contributed by atoms with van der Waals surface area (Å²) in [5, 5.41) is 3.35. The van der Waals surface area contributed by atoms with Crippen molar-refractivity contribution in [2.75, 3.05) is 11.9 Å². The van der Waals surface area contributed by atoms with Gasteiger partial charge >= 0.3 is 0 Å². The fourth-order valence-corrected chi connectivity index (χ4v) is 5.77. The van der Waals surface area contributed by atoms with Crippen molar-refractivity contribution in [3.63, 3.8) is 0 Å². The van der Waals surface area contributed by atoms with Crippen LogP contribution in [0.3, 0.4) is 0 Å². The van der Waals surface area contributed by atoms with Crippen LogP contribution in [0.2, 0.25) is 0 Å². The Bertz CT molecular complexity index is 1570. The molecule has 1 aliphatic heterocycles. The van der Waals surface area contributed by atoms with Gasteiger partial charge in [0, 0.05) is 12.7 Å². The molecule has 186 valence electrons. The molecule has 1 fully saturated rings. The topological polar surface area (TPSA) is 66.7 Å². The van der Waals surface area contributed by atoms with Gasteiger partial charge in [-0.3, -0.25) is 18.9 Å². The van der Waals surface area contributed by atoms with Crippen LogP contribution in [-0.4, -0.2) is 31.1 Å². The molecular weight excluding hydrogens is 500 g/mol. The van der Waals surface area contributed by atoms with E-state index in [0.717, 1.165) is 17.5 Å². The van der Waals surface area contributed by atoms with Crippen LogP contribution >= 0.6 is 24.0 Å². The summed E-state index contributed by atoms with van der Waals surface area (Å²) in [6, 6.07) is 23.4. The Morgan fingerprint density at radius 3 is 2.46 bits per heavy atom. The first-order valence-electron chi connectivity index (χ1n) is 12.1. The Kier molecular flexibility index (Phi) is 7.21. The normalized spacial score (nSPS) is 15.5. The summed E-state index contributed by atoms with van der Waals surface area (Å²) in [6.45, 7) is 4.46. The number of amides is 1. The lowest BCUT2D eigenvalue weighted by Gasteiger charge is -2.23. The molecule has 0 bridgehead atoms. The van der Waals surface area contributed by atoms with Crippen molar-refractivity contribution in [2.45, 2.75) is 26.3 Å². The number of aromatic nitrogens is 2. The quantitative estimate of drug-likeness (QED) is 0.249. The Morgan fingerprint density at radius 2 is 1.73 bits per heavy atom. The van der Waals surface area contributed by atoms with E-state index < -0.39 is 0 Å². The molecule has 2 aromatic carbocycles. The van der Waals surface area contributed by atoms with Gasteiger partial charge < -0.3 is 5.32 Å². The monoisotopic (exact) mass is 526 g/mol. The number of pyridine rings is 1. The summed E-state index contributed by atoms with van der Waals surface area (Å²) in [5.41, 5.74) is 3.74. The van der Waals surface area contributed by atoms with Crippen LogP contribution in [0.4, 0.5) is 5.82 Å². The summed E-state index contributed by atoms with van der Waals surface area (Å²) >= 11 is 6.80. The minimum Gasteiger partial charge on any atom is -0.369 e. The Labute approximate surface area is 225 Å². The number of nitrogens with one attached hydrogen (secondary N) is 1. The molecular formula is C29H26N4O2S2. The fourth-order valence-electron chi connectivity index (χ4n) is 4.37. The lowest BCUT2D eigenvalue weighted by molar-refractivity contribution is -0.123. The number of thiocarbonyl (C=S) groups is 1. The molecule has 37 heavy (non-hydrogen) atoms. The number of anilines is 1. The van der Waals surface area contributed by atoms with Gasteiger partial charge in [0.05, 0.1) is 16.5 Å². The highest BCUT2D eigenvalue weighted by Gasteiger charge is 2.36. The molecule has 1 atom stereocenters. The largest absolute Gasteiger partial charge is 0.369 e. The molecule has 8 heteroatoms. The first-order valence-corrected chi connectivity index (χ1v) is 13.3. The van der Waals surface area contributed by atoms with E-state index in [-0.39, 0.29) is 17.5 Å². The summed E-state index contributed by atoms with van der Waals surface area (Å²) in [5.74, 6) is 0.243. The van der Waals surface area contributed by atoms with Crippen molar-refractivity contribution < 1.29 is 4.79 Å². The number of hydrogen-bond donors (Lipinski definition) is 1. The molecule has 1 saturated heterocycles. The molecule has 1 unspecified atom stereocenters. The summed E-state index contributed by atoms with van der Waals surface area (Å²) in [4.78, 5) is 33.9. The van der Waals surface area contributed by atoms with Crippen LogP contribution in [-0.2, 0) is 11.2 Å². The van der Waals surface area contributed by atoms with Crippen molar-refractivity contribution in [3.8, 4) is 0 Å². The molecule has 1 aliphatic rings. The van der Waals surface area contributed by atoms with Crippen molar-refractivity contribution in [2.24, 2.45) is 0 Å². The van der Waals surface area contributed by atoms with Crippen LogP contribution in [0.25, 0.3) is 11.7 Å². The number of aryl methyl sites for hydroxylation is 1. The van der Waals surface area contributed by atoms with E-state index in [1.807, 2.05) is 74.5 Å². The second-order valence-electron chi connectivity index (χ2n) is 8.86. The average molecular weight is 527 g/mol. The van der Waals surface area contributed by atoms with Crippen LogP contribution in [0.15, 0.2) is 88.7 Å². The molecule has 0 spiro atoms. The van der Waals surface area contributed by atoms with Gasteiger partial charge in [0.2, 0.25) is 0 Å². The first-order chi connectivity index (χ1) is 17.9. The summed E-state index contributed by atoms with van der Waals surface area (Å²) < 4.78 is 1.99. The number of rotatable bonds is 7. The van der Waals surface area contributed by atoms with Crippen LogP contribution in [0.5, 0.6) is 0 Å². The first kappa shape index (κ1) is 24.9. The summed E-state index contributed by atoms with van der Waals surface area (Å²) in [6.07, 6.45) is 4.10. The summed E-state index contributed by atoms with van der Waals surface area (Å²) in [7, 11) is 0. The zero-order chi connectivity index (χ0) is 25.9. The maximum Gasteiger partial charge on any atom is 0.267 e. The van der Waals surface area contributed by atoms with Crippen molar-refractivity contribution in [1.29, 1.82) is 0 Å². The van der Waals surface area contributed by atoms with Gasteiger partial charge in [-0.15, -0.1) is 0 Å². The Balaban J connectivity index is 1.51. The molecule has 0 aliphatic carbocycles. The standard InChI is InChI=1S/C29H26N4O2S2/c1-19-10-9-17-32-26(19)31-25(30-16-15-21-11-5-3-6-12-21)23(27(32)34)18-24-28(35)33(29(36)37-24)20(2)22-13-7-4-8-14-22/h3-14,17-18,20,30H,15-16H2,1-2H3. The second-order valence-corrected chi connectivity index (χ2v) is 10.5. The van der Waals surface area contributed by atoms with Gasteiger partial charge in [0.15, 0.2) is 0 Å². The Hall–Kier alpha value is -3.75. The zero-order valence-corrected chi connectivity index (χ0v) is 22.2. The van der Waals surface area contributed by atoms with E-state index in [1.54, 1.807) is 17.2 Å². The van der Waals surface area contributed by atoms with Gasteiger partial charge in [-0.1, -0.05) is 90.7 Å². The maximum absolute atomic E-state index is 13.6. The molecule has 3 heterocycles. The molecule has 2 aromatic heterocycles. The molecule has 5 rings (SSSR count). The molecule has 0 radical (unpaired) electrons. The van der Waals surface area contributed by atoms with E-state index >= 15 is 0 Å². The predicted molar refractivity (Wildman–Crippen MR) is 155 cm³/mol. The van der Waals surface area contributed by atoms with Gasteiger partial charge in [-0.2, -0.15) is 0 Å². The van der Waals surface area contributed by atoms with E-state index in [9.17, 15) is 9.59 Å². The zero-order valence-electron chi connectivity index (χ0n) is 20.5. The number of hydrogen-bond acceptors (Lipinski definition) is 6. The van der Waals surface area contributed by atoms with Crippen molar-refractivity contribution in [1.82, 2.24) is 14.3 Å². The lowest BCUT2D eigenvalue weighted by atomic mass is 10.1. The molecule has 1 N–H and O–H groups in total. The Morgan fingerprint density at radius 1 is 1.03 bits per heavy atom. The van der Waals surface area contributed by atoms with Crippen LogP contribution in [0.1, 0.15) is 35.2 Å². The van der Waals surface area contributed by atoms with E-state index in [1.165, 1.54) is 21.7 Å². The van der Waals surface area contributed by atoms with E-state index in [0.29, 0.717) is 32.8 Å². The number of thioether (sulfide) groups is 1. The highest BCUT2D eigenvalue weighted by atomic mass is 32.2. The average Bonchev–Trinajstić information content (AvgIpc) is 3.19. The minimum absolute atomic E-state index is 0.213.